The third kappa shape index (κ3) is 2.46. The molecule has 2 atom stereocenters. The lowest BCUT2D eigenvalue weighted by Gasteiger charge is -2.57. The van der Waals surface area contributed by atoms with E-state index < -0.39 is 0 Å². The normalized spacial score (nSPS) is 26.3. The third-order valence-electron chi connectivity index (χ3n) is 5.41. The molecule has 2 aliphatic carbocycles. The van der Waals surface area contributed by atoms with Crippen molar-refractivity contribution in [3.63, 3.8) is 0 Å². The zero-order valence-electron chi connectivity index (χ0n) is 13.3. The Morgan fingerprint density at radius 1 is 1.43 bits per heavy atom. The molecule has 2 fully saturated rings. The monoisotopic (exact) mass is 334 g/mol. The van der Waals surface area contributed by atoms with Crippen LogP contribution in [0.1, 0.15) is 45.4 Å². The fourth-order valence-corrected chi connectivity index (χ4v) is 5.04. The van der Waals surface area contributed by atoms with Gasteiger partial charge in [0, 0.05) is 30.3 Å². The molecule has 0 bridgehead atoms. The molecule has 1 N–H and O–H groups in total. The van der Waals surface area contributed by atoms with Crippen LogP contribution in [0, 0.1) is 5.41 Å². The van der Waals surface area contributed by atoms with Gasteiger partial charge in [-0.3, -0.25) is 4.79 Å². The van der Waals surface area contributed by atoms with E-state index in [0.717, 1.165) is 18.2 Å². The number of nitrogens with one attached hydrogen (secondary N) is 1. The molecule has 2 aromatic rings. The van der Waals surface area contributed by atoms with E-state index in [-0.39, 0.29) is 11.0 Å². The highest BCUT2D eigenvalue weighted by atomic mass is 32.1. The first kappa shape index (κ1) is 15.1. The first-order chi connectivity index (χ1) is 11.2. The molecular weight excluding hydrogens is 312 g/mol. The minimum Gasteiger partial charge on any atom is -0.378 e. The van der Waals surface area contributed by atoms with Crippen LogP contribution in [0.15, 0.2) is 17.1 Å². The van der Waals surface area contributed by atoms with Crippen LogP contribution in [0.4, 0.5) is 5.13 Å². The number of rotatable bonds is 4. The van der Waals surface area contributed by atoms with E-state index in [4.69, 9.17) is 4.74 Å². The summed E-state index contributed by atoms with van der Waals surface area (Å²) in [6.07, 6.45) is 9.25. The molecule has 7 heteroatoms. The Morgan fingerprint density at radius 3 is 3.00 bits per heavy atom. The number of hydrogen-bond acceptors (Lipinski definition) is 6. The van der Waals surface area contributed by atoms with Crippen molar-refractivity contribution >= 4 is 21.4 Å². The van der Waals surface area contributed by atoms with Crippen LogP contribution in [0.25, 0.3) is 4.96 Å². The molecule has 0 unspecified atom stereocenters. The number of anilines is 1. The summed E-state index contributed by atoms with van der Waals surface area (Å²) in [5, 5.41) is 8.75. The van der Waals surface area contributed by atoms with Crippen molar-refractivity contribution in [2.45, 2.75) is 57.6 Å². The van der Waals surface area contributed by atoms with Gasteiger partial charge in [0.25, 0.3) is 5.56 Å². The van der Waals surface area contributed by atoms with Crippen molar-refractivity contribution in [1.82, 2.24) is 14.6 Å². The first-order valence-electron chi connectivity index (χ1n) is 8.46. The Bertz CT molecular complexity index is 750. The Hall–Kier alpha value is -1.47. The van der Waals surface area contributed by atoms with E-state index in [2.05, 4.69) is 22.3 Å². The Labute approximate surface area is 138 Å². The van der Waals surface area contributed by atoms with Gasteiger partial charge in [0.05, 0.1) is 6.10 Å². The van der Waals surface area contributed by atoms with Crippen LogP contribution in [-0.4, -0.2) is 33.4 Å². The van der Waals surface area contributed by atoms with E-state index in [1.165, 1.54) is 60.2 Å². The van der Waals surface area contributed by atoms with Crippen molar-refractivity contribution in [3.8, 4) is 0 Å². The van der Waals surface area contributed by atoms with Crippen LogP contribution in [0.3, 0.4) is 0 Å². The molecule has 0 radical (unpaired) electrons. The lowest BCUT2D eigenvalue weighted by atomic mass is 9.55. The molecule has 23 heavy (non-hydrogen) atoms. The number of aromatic nitrogens is 3. The minimum absolute atomic E-state index is 0.132. The number of fused-ring (bicyclic) bond motifs is 1. The fourth-order valence-electron chi connectivity index (χ4n) is 4.22. The second-order valence-corrected chi connectivity index (χ2v) is 7.51. The van der Waals surface area contributed by atoms with E-state index in [0.29, 0.717) is 17.1 Å². The van der Waals surface area contributed by atoms with Crippen molar-refractivity contribution in [1.29, 1.82) is 0 Å². The molecule has 2 heterocycles. The number of hydrogen-bond donors (Lipinski definition) is 1. The maximum atomic E-state index is 11.8. The average molecular weight is 334 g/mol. The van der Waals surface area contributed by atoms with Crippen molar-refractivity contribution in [2.75, 3.05) is 11.9 Å². The molecule has 0 aromatic carbocycles. The van der Waals surface area contributed by atoms with Crippen molar-refractivity contribution in [2.24, 2.45) is 5.41 Å². The summed E-state index contributed by atoms with van der Waals surface area (Å²) < 4.78 is 7.37. The predicted octanol–water partition coefficient (Wildman–Crippen LogP) is 2.69. The molecule has 0 aliphatic heterocycles. The molecule has 2 aliphatic rings. The van der Waals surface area contributed by atoms with E-state index in [1.54, 1.807) is 0 Å². The zero-order valence-corrected chi connectivity index (χ0v) is 14.1. The Balaban J connectivity index is 1.57. The molecular formula is C16H22N4O2S. The minimum atomic E-state index is -0.132. The SMILES string of the molecule is CCO[C@@H]1C[C@@H](Nc2nn3c(=O)ccnc3s2)C12CCCCC2. The van der Waals surface area contributed by atoms with Crippen molar-refractivity contribution < 1.29 is 4.74 Å². The van der Waals surface area contributed by atoms with Gasteiger partial charge in [0.2, 0.25) is 10.1 Å². The molecule has 0 amide bonds. The summed E-state index contributed by atoms with van der Waals surface area (Å²) in [6, 6.07) is 1.82. The highest BCUT2D eigenvalue weighted by Crippen LogP contribution is 2.54. The summed E-state index contributed by atoms with van der Waals surface area (Å²) in [5.74, 6) is 0. The van der Waals surface area contributed by atoms with Crippen LogP contribution in [-0.2, 0) is 4.74 Å². The summed E-state index contributed by atoms with van der Waals surface area (Å²) in [6.45, 7) is 2.85. The molecule has 4 rings (SSSR count). The van der Waals surface area contributed by atoms with Crippen LogP contribution in [0.2, 0.25) is 0 Å². The van der Waals surface area contributed by atoms with E-state index in [9.17, 15) is 4.79 Å². The van der Waals surface area contributed by atoms with Crippen LogP contribution >= 0.6 is 11.3 Å². The third-order valence-corrected chi connectivity index (χ3v) is 6.26. The van der Waals surface area contributed by atoms with Gasteiger partial charge in [0.15, 0.2) is 0 Å². The Kier molecular flexibility index (Phi) is 3.85. The molecule has 6 nitrogen and oxygen atoms in total. The van der Waals surface area contributed by atoms with Gasteiger partial charge in [-0.15, -0.1) is 5.10 Å². The summed E-state index contributed by atoms with van der Waals surface area (Å²) in [5.41, 5.74) is 0.109. The molecule has 2 aromatic heterocycles. The molecule has 1 spiro atoms. The summed E-state index contributed by atoms with van der Waals surface area (Å²) in [7, 11) is 0. The predicted molar refractivity (Wildman–Crippen MR) is 90.1 cm³/mol. The van der Waals surface area contributed by atoms with E-state index >= 15 is 0 Å². The second kappa shape index (κ2) is 5.87. The lowest BCUT2D eigenvalue weighted by Crippen LogP contribution is -2.62. The van der Waals surface area contributed by atoms with Gasteiger partial charge in [-0.05, 0) is 26.2 Å². The van der Waals surface area contributed by atoms with Gasteiger partial charge >= 0.3 is 0 Å². The van der Waals surface area contributed by atoms with Gasteiger partial charge in [-0.25, -0.2) is 4.98 Å². The largest absolute Gasteiger partial charge is 0.378 e. The average Bonchev–Trinajstić information content (AvgIpc) is 2.99. The van der Waals surface area contributed by atoms with Crippen molar-refractivity contribution in [3.05, 3.63) is 22.6 Å². The standard InChI is InChI=1S/C16H22N4O2S/c1-2-22-12-10-11(16(12)7-4-3-5-8-16)18-14-19-20-13(21)6-9-17-15(20)23-14/h6,9,11-12H,2-5,7-8,10H2,1H3,(H,18,19)/t11-,12-/m1/s1. The lowest BCUT2D eigenvalue weighted by molar-refractivity contribution is -0.134. The fraction of sp³-hybridized carbons (Fsp3) is 0.688. The van der Waals surface area contributed by atoms with Crippen LogP contribution < -0.4 is 10.9 Å². The van der Waals surface area contributed by atoms with Gasteiger partial charge in [-0.2, -0.15) is 4.52 Å². The first-order valence-corrected chi connectivity index (χ1v) is 9.27. The van der Waals surface area contributed by atoms with Gasteiger partial charge in [0.1, 0.15) is 0 Å². The summed E-state index contributed by atoms with van der Waals surface area (Å²) in [4.78, 5) is 16.7. The van der Waals surface area contributed by atoms with Gasteiger partial charge < -0.3 is 10.1 Å². The van der Waals surface area contributed by atoms with Crippen LogP contribution in [0.5, 0.6) is 0 Å². The molecule has 2 saturated carbocycles. The maximum absolute atomic E-state index is 11.8. The summed E-state index contributed by atoms with van der Waals surface area (Å²) >= 11 is 1.44. The topological polar surface area (TPSA) is 68.5 Å². The maximum Gasteiger partial charge on any atom is 0.275 e. The zero-order chi connectivity index (χ0) is 15.9. The smallest absolute Gasteiger partial charge is 0.275 e. The van der Waals surface area contributed by atoms with E-state index in [1.807, 2.05) is 0 Å². The van der Waals surface area contributed by atoms with Gasteiger partial charge in [-0.1, -0.05) is 30.6 Å². The Morgan fingerprint density at radius 2 is 2.26 bits per heavy atom. The highest BCUT2D eigenvalue weighted by molar-refractivity contribution is 7.20. The highest BCUT2D eigenvalue weighted by Gasteiger charge is 2.55. The molecule has 124 valence electrons. The quantitative estimate of drug-likeness (QED) is 0.931. The molecule has 0 saturated heterocycles. The number of nitrogens with zero attached hydrogens (tertiary/aromatic N) is 3. The number of ether oxygens (including phenoxy) is 1. The second-order valence-electron chi connectivity index (χ2n) is 6.56.